The summed E-state index contributed by atoms with van der Waals surface area (Å²) < 4.78 is 15.5. The molecule has 0 spiro atoms. The van der Waals surface area contributed by atoms with Gasteiger partial charge >= 0.3 is 11.9 Å². The van der Waals surface area contributed by atoms with Gasteiger partial charge in [0, 0.05) is 30.8 Å². The van der Waals surface area contributed by atoms with Crippen molar-refractivity contribution in [3.05, 3.63) is 29.3 Å². The van der Waals surface area contributed by atoms with Gasteiger partial charge in [-0.3, -0.25) is 14.4 Å². The number of halogens is 1. The summed E-state index contributed by atoms with van der Waals surface area (Å²) in [7, 11) is 0. The number of carbonyl (C=O) groups excluding carboxylic acids is 3. The number of nitrogens with one attached hydrogen (secondary N) is 1. The van der Waals surface area contributed by atoms with Crippen LogP contribution in [-0.4, -0.2) is 44.2 Å². The van der Waals surface area contributed by atoms with Gasteiger partial charge in [-0.2, -0.15) is 0 Å². The summed E-state index contributed by atoms with van der Waals surface area (Å²) in [5.41, 5.74) is 1.22. The van der Waals surface area contributed by atoms with Gasteiger partial charge in [0.2, 0.25) is 0 Å². The lowest BCUT2D eigenvalue weighted by molar-refractivity contribution is -0.144. The number of hydrogen-bond donors (Lipinski definition) is 1. The maximum Gasteiger partial charge on any atom is 0.305 e. The van der Waals surface area contributed by atoms with Crippen LogP contribution in [0.25, 0.3) is 0 Å². The van der Waals surface area contributed by atoms with Crippen molar-refractivity contribution < 1.29 is 28.6 Å². The van der Waals surface area contributed by atoms with Gasteiger partial charge < -0.3 is 19.5 Å². The van der Waals surface area contributed by atoms with Crippen molar-refractivity contribution in [2.24, 2.45) is 0 Å². The van der Waals surface area contributed by atoms with Gasteiger partial charge in [-0.1, -0.05) is 6.42 Å². The topological polar surface area (TPSA) is 90.9 Å². The zero-order valence-electron chi connectivity index (χ0n) is 18.5. The molecule has 0 radical (unpaired) electrons. The molecule has 0 bridgehead atoms. The molecule has 174 valence electrons. The number of amides is 1. The number of benzene rings is 1. The van der Waals surface area contributed by atoms with Gasteiger partial charge in [-0.15, -0.1) is 11.6 Å². The van der Waals surface area contributed by atoms with Crippen molar-refractivity contribution >= 4 is 29.4 Å². The van der Waals surface area contributed by atoms with E-state index >= 15 is 0 Å². The van der Waals surface area contributed by atoms with Crippen LogP contribution in [-0.2, 0) is 24.9 Å². The minimum atomic E-state index is -0.193. The Kier molecular flexibility index (Phi) is 14.2. The molecule has 0 saturated heterocycles. The SMILES string of the molecule is CCOC(=O)CCCCCNC(=O)c1ccc(OCCCCC(=O)OCC)cc1CCl. The third-order valence-corrected chi connectivity index (χ3v) is 4.75. The Labute approximate surface area is 189 Å². The number of rotatable bonds is 16. The van der Waals surface area contributed by atoms with E-state index in [0.29, 0.717) is 62.5 Å². The first-order chi connectivity index (χ1) is 15.0. The van der Waals surface area contributed by atoms with E-state index in [1.807, 2.05) is 0 Å². The molecule has 0 aliphatic carbocycles. The predicted octanol–water partition coefficient (Wildman–Crippen LogP) is 4.39. The molecule has 0 heterocycles. The molecule has 0 saturated carbocycles. The van der Waals surface area contributed by atoms with E-state index < -0.39 is 0 Å². The van der Waals surface area contributed by atoms with Gasteiger partial charge in [0.25, 0.3) is 5.91 Å². The summed E-state index contributed by atoms with van der Waals surface area (Å²) in [4.78, 5) is 35.0. The Hall–Kier alpha value is -2.28. The van der Waals surface area contributed by atoms with Crippen molar-refractivity contribution in [2.75, 3.05) is 26.4 Å². The molecule has 0 fully saturated rings. The van der Waals surface area contributed by atoms with Crippen LogP contribution in [0.1, 0.15) is 74.7 Å². The van der Waals surface area contributed by atoms with Crippen molar-refractivity contribution in [2.45, 2.75) is 64.7 Å². The second-order valence-electron chi connectivity index (χ2n) is 6.93. The average Bonchev–Trinajstić information content (AvgIpc) is 2.76. The number of unbranched alkanes of at least 4 members (excludes halogenated alkanes) is 3. The monoisotopic (exact) mass is 455 g/mol. The van der Waals surface area contributed by atoms with E-state index in [4.69, 9.17) is 25.8 Å². The average molecular weight is 456 g/mol. The fourth-order valence-corrected chi connectivity index (χ4v) is 3.11. The fraction of sp³-hybridized carbons (Fsp3) is 0.609. The Morgan fingerprint density at radius 3 is 2.16 bits per heavy atom. The first kappa shape index (κ1) is 26.8. The van der Waals surface area contributed by atoms with E-state index in [1.54, 1.807) is 32.0 Å². The van der Waals surface area contributed by atoms with Crippen molar-refractivity contribution in [1.82, 2.24) is 5.32 Å². The molecule has 1 amide bonds. The van der Waals surface area contributed by atoms with Crippen LogP contribution in [0.2, 0.25) is 0 Å². The molecule has 7 nitrogen and oxygen atoms in total. The molecule has 1 aromatic carbocycles. The molecule has 1 N–H and O–H groups in total. The normalized spacial score (nSPS) is 10.4. The van der Waals surface area contributed by atoms with Crippen LogP contribution in [0.15, 0.2) is 18.2 Å². The first-order valence-electron chi connectivity index (χ1n) is 10.9. The zero-order valence-corrected chi connectivity index (χ0v) is 19.3. The zero-order chi connectivity index (χ0) is 22.9. The maximum absolute atomic E-state index is 12.4. The summed E-state index contributed by atoms with van der Waals surface area (Å²) >= 11 is 6.02. The summed E-state index contributed by atoms with van der Waals surface area (Å²) in [6, 6.07) is 5.23. The number of hydrogen-bond acceptors (Lipinski definition) is 6. The van der Waals surface area contributed by atoms with Crippen LogP contribution in [0.5, 0.6) is 5.75 Å². The van der Waals surface area contributed by atoms with Crippen molar-refractivity contribution in [3.63, 3.8) is 0 Å². The first-order valence-corrected chi connectivity index (χ1v) is 11.5. The van der Waals surface area contributed by atoms with Crippen LogP contribution in [0.3, 0.4) is 0 Å². The van der Waals surface area contributed by atoms with Gasteiger partial charge in [0.15, 0.2) is 0 Å². The molecular formula is C23H34ClNO6. The molecule has 1 aromatic rings. The third-order valence-electron chi connectivity index (χ3n) is 4.46. The van der Waals surface area contributed by atoms with E-state index in [2.05, 4.69) is 5.32 Å². The number of alkyl halides is 1. The molecule has 0 aliphatic rings. The highest BCUT2D eigenvalue weighted by Crippen LogP contribution is 2.20. The Bertz CT molecular complexity index is 695. The minimum Gasteiger partial charge on any atom is -0.494 e. The van der Waals surface area contributed by atoms with Crippen LogP contribution in [0.4, 0.5) is 0 Å². The molecule has 31 heavy (non-hydrogen) atoms. The van der Waals surface area contributed by atoms with Gasteiger partial charge in [-0.25, -0.2) is 0 Å². The maximum atomic E-state index is 12.4. The number of ether oxygens (including phenoxy) is 3. The molecule has 0 aliphatic heterocycles. The molecule has 0 atom stereocenters. The summed E-state index contributed by atoms with van der Waals surface area (Å²) in [6.07, 6.45) is 4.58. The van der Waals surface area contributed by atoms with E-state index in [-0.39, 0.29) is 23.7 Å². The molecular weight excluding hydrogens is 422 g/mol. The lowest BCUT2D eigenvalue weighted by Gasteiger charge is -2.12. The second-order valence-corrected chi connectivity index (χ2v) is 7.20. The summed E-state index contributed by atoms with van der Waals surface area (Å²) in [6.45, 7) is 5.37. The molecule has 1 rings (SSSR count). The van der Waals surface area contributed by atoms with Crippen LogP contribution >= 0.6 is 11.6 Å². The van der Waals surface area contributed by atoms with Gasteiger partial charge in [-0.05, 0) is 63.3 Å². The summed E-state index contributed by atoms with van der Waals surface area (Å²) in [5.74, 6) is 0.285. The Morgan fingerprint density at radius 1 is 0.903 bits per heavy atom. The minimum absolute atomic E-state index is 0.179. The quantitative estimate of drug-likeness (QED) is 0.226. The highest BCUT2D eigenvalue weighted by Gasteiger charge is 2.12. The molecule has 0 aromatic heterocycles. The predicted molar refractivity (Wildman–Crippen MR) is 119 cm³/mol. The third kappa shape index (κ3) is 11.6. The molecule has 0 unspecified atom stereocenters. The van der Waals surface area contributed by atoms with Gasteiger partial charge in [0.05, 0.1) is 19.8 Å². The fourth-order valence-electron chi connectivity index (χ4n) is 2.89. The van der Waals surface area contributed by atoms with Crippen LogP contribution < -0.4 is 10.1 Å². The number of carbonyl (C=O) groups is 3. The van der Waals surface area contributed by atoms with E-state index in [0.717, 1.165) is 25.7 Å². The van der Waals surface area contributed by atoms with E-state index in [1.165, 1.54) is 0 Å². The van der Waals surface area contributed by atoms with Crippen molar-refractivity contribution in [1.29, 1.82) is 0 Å². The standard InChI is InChI=1S/C23H34ClNO6/c1-3-29-21(26)10-6-5-8-14-25-23(28)20-13-12-19(16-18(20)17-24)31-15-9-7-11-22(27)30-4-2/h12-13,16H,3-11,14-15,17H2,1-2H3,(H,25,28). The van der Waals surface area contributed by atoms with Gasteiger partial charge in [0.1, 0.15) is 5.75 Å². The molecule has 8 heteroatoms. The lowest BCUT2D eigenvalue weighted by atomic mass is 10.1. The highest BCUT2D eigenvalue weighted by molar-refractivity contribution is 6.17. The lowest BCUT2D eigenvalue weighted by Crippen LogP contribution is -2.25. The van der Waals surface area contributed by atoms with Crippen LogP contribution in [0, 0.1) is 0 Å². The second kappa shape index (κ2) is 16.4. The van der Waals surface area contributed by atoms with Crippen molar-refractivity contribution in [3.8, 4) is 5.75 Å². The smallest absolute Gasteiger partial charge is 0.305 e. The Balaban J connectivity index is 2.35. The van der Waals surface area contributed by atoms with E-state index in [9.17, 15) is 14.4 Å². The largest absolute Gasteiger partial charge is 0.494 e. The highest BCUT2D eigenvalue weighted by atomic mass is 35.5. The Morgan fingerprint density at radius 2 is 1.55 bits per heavy atom. The summed E-state index contributed by atoms with van der Waals surface area (Å²) in [5, 5.41) is 2.89. The number of esters is 2.